The van der Waals surface area contributed by atoms with Crippen molar-refractivity contribution in [2.75, 3.05) is 9.80 Å². The summed E-state index contributed by atoms with van der Waals surface area (Å²) in [6.45, 7) is 4.70. The molecule has 3 heteroatoms. The Bertz CT molecular complexity index is 3520. The summed E-state index contributed by atoms with van der Waals surface area (Å²) in [4.78, 5) is 4.77. The highest BCUT2D eigenvalue weighted by atomic mass is 16.5. The van der Waals surface area contributed by atoms with Crippen LogP contribution in [0.3, 0.4) is 0 Å². The normalized spacial score (nSPS) is 16.8. The number of fused-ring (bicyclic) bond motifs is 6. The van der Waals surface area contributed by atoms with Gasteiger partial charge in [0.1, 0.15) is 6.10 Å². The Morgan fingerprint density at radius 3 is 1.81 bits per heavy atom. The zero-order valence-corrected chi connectivity index (χ0v) is 38.1. The lowest BCUT2D eigenvalue weighted by Crippen LogP contribution is -2.35. The van der Waals surface area contributed by atoms with Gasteiger partial charge in [0.25, 0.3) is 0 Å². The van der Waals surface area contributed by atoms with Gasteiger partial charge in [-0.25, -0.2) is 0 Å². The number of ether oxygens (including phenoxy) is 1. The fraction of sp³-hybridized carbons (Fsp3) is 0.0769. The predicted octanol–water partition coefficient (Wildman–Crippen LogP) is 17.1. The summed E-state index contributed by atoms with van der Waals surface area (Å²) in [6.07, 6.45) is 11.3. The fourth-order valence-electron chi connectivity index (χ4n) is 11.4. The van der Waals surface area contributed by atoms with Crippen molar-refractivity contribution in [1.29, 1.82) is 0 Å². The van der Waals surface area contributed by atoms with E-state index in [1.54, 1.807) is 0 Å². The van der Waals surface area contributed by atoms with E-state index in [1.165, 1.54) is 66.4 Å². The zero-order chi connectivity index (χ0) is 45.3. The van der Waals surface area contributed by atoms with Crippen molar-refractivity contribution in [3.8, 4) is 28.0 Å². The van der Waals surface area contributed by atoms with E-state index in [-0.39, 0.29) is 17.4 Å². The third-order valence-corrected chi connectivity index (χ3v) is 14.6. The Hall–Kier alpha value is -8.40. The van der Waals surface area contributed by atoms with Crippen molar-refractivity contribution in [2.45, 2.75) is 25.4 Å². The second-order valence-corrected chi connectivity index (χ2v) is 18.8. The lowest BCUT2D eigenvalue weighted by Gasteiger charge is -2.41. The molecule has 13 rings (SSSR count). The molecule has 0 bridgehead atoms. The van der Waals surface area contributed by atoms with E-state index in [1.807, 2.05) is 0 Å². The number of benzene rings is 9. The molecule has 0 saturated carbocycles. The van der Waals surface area contributed by atoms with Gasteiger partial charge in [-0.05, 0) is 128 Å². The lowest BCUT2D eigenvalue weighted by molar-refractivity contribution is 0.211. The van der Waals surface area contributed by atoms with Crippen LogP contribution in [0.4, 0.5) is 34.1 Å². The van der Waals surface area contributed by atoms with Crippen LogP contribution < -0.4 is 14.5 Å². The number of anilines is 6. The molecule has 4 aliphatic rings. The molecule has 1 aliphatic heterocycles. The summed E-state index contributed by atoms with van der Waals surface area (Å²) >= 11 is 0. The number of hydrogen-bond acceptors (Lipinski definition) is 3. The quantitative estimate of drug-likeness (QED) is 0.151. The minimum atomic E-state index is -0.165. The maximum absolute atomic E-state index is 7.21. The molecule has 0 amide bonds. The van der Waals surface area contributed by atoms with Crippen molar-refractivity contribution in [3.05, 3.63) is 271 Å². The highest BCUT2D eigenvalue weighted by molar-refractivity contribution is 6.07. The highest BCUT2D eigenvalue weighted by Gasteiger charge is 2.41. The van der Waals surface area contributed by atoms with Gasteiger partial charge < -0.3 is 14.5 Å². The van der Waals surface area contributed by atoms with Crippen LogP contribution in [0.2, 0.25) is 0 Å². The molecule has 2 atom stereocenters. The van der Waals surface area contributed by atoms with E-state index in [2.05, 4.69) is 266 Å². The Kier molecular flexibility index (Phi) is 9.33. The maximum Gasteiger partial charge on any atom is 0.151 e. The minimum Gasteiger partial charge on any atom is -0.483 e. The average Bonchev–Trinajstić information content (AvgIpc) is 3.63. The number of allylic oxidation sites excluding steroid dienone is 5. The number of para-hydroxylation sites is 3. The van der Waals surface area contributed by atoms with Crippen LogP contribution in [0.25, 0.3) is 44.2 Å². The van der Waals surface area contributed by atoms with Gasteiger partial charge >= 0.3 is 0 Å². The summed E-state index contributed by atoms with van der Waals surface area (Å²) in [5.41, 5.74) is 20.4. The first-order chi connectivity index (χ1) is 33.5. The molecule has 3 aliphatic carbocycles. The number of rotatable bonds is 8. The Balaban J connectivity index is 0.934. The zero-order valence-electron chi connectivity index (χ0n) is 38.1. The SMILES string of the molecule is CC1(C)c2ccccc2-c2cc(N(c3ccc(-c4ccccc4)cc3)c3ccc(C4=C5C=CC=C6c7cccc(N(c8ccccc8)c8ccccc8)c7OC(C=C4)C65)c4ccccc34)ccc21. The molecule has 1 heterocycles. The van der Waals surface area contributed by atoms with Crippen LogP contribution in [-0.2, 0) is 5.41 Å². The second kappa shape index (κ2) is 15.9. The molecular formula is C65H48N2O. The fourth-order valence-corrected chi connectivity index (χ4v) is 11.4. The van der Waals surface area contributed by atoms with Gasteiger partial charge in [-0.15, -0.1) is 0 Å². The van der Waals surface area contributed by atoms with E-state index in [4.69, 9.17) is 4.74 Å². The summed E-state index contributed by atoms with van der Waals surface area (Å²) in [5, 5.41) is 2.40. The first-order valence-corrected chi connectivity index (χ1v) is 23.7. The van der Waals surface area contributed by atoms with Gasteiger partial charge in [-0.1, -0.05) is 190 Å². The highest BCUT2D eigenvalue weighted by Crippen LogP contribution is 2.55. The molecule has 9 aromatic rings. The van der Waals surface area contributed by atoms with Crippen molar-refractivity contribution in [2.24, 2.45) is 5.92 Å². The molecule has 0 saturated heterocycles. The molecule has 68 heavy (non-hydrogen) atoms. The second-order valence-electron chi connectivity index (χ2n) is 18.8. The third kappa shape index (κ3) is 6.34. The van der Waals surface area contributed by atoms with Crippen molar-refractivity contribution in [3.63, 3.8) is 0 Å². The number of hydrogen-bond donors (Lipinski definition) is 0. The van der Waals surface area contributed by atoms with Crippen LogP contribution in [0, 0.1) is 5.92 Å². The van der Waals surface area contributed by atoms with Gasteiger partial charge in [-0.3, -0.25) is 0 Å². The lowest BCUT2D eigenvalue weighted by atomic mass is 9.72. The molecule has 0 aromatic heterocycles. The van der Waals surface area contributed by atoms with Crippen molar-refractivity contribution >= 4 is 56.0 Å². The van der Waals surface area contributed by atoms with E-state index in [0.29, 0.717) is 0 Å². The Morgan fingerprint density at radius 2 is 1.04 bits per heavy atom. The first-order valence-electron chi connectivity index (χ1n) is 23.7. The van der Waals surface area contributed by atoms with Gasteiger partial charge in [0.05, 0.1) is 17.3 Å². The summed E-state index contributed by atoms with van der Waals surface area (Å²) in [6, 6.07) is 77.1. The Labute approximate surface area is 398 Å². The van der Waals surface area contributed by atoms with Gasteiger partial charge in [-0.2, -0.15) is 0 Å². The summed E-state index contributed by atoms with van der Waals surface area (Å²) < 4.78 is 7.21. The Morgan fingerprint density at radius 1 is 0.441 bits per heavy atom. The summed E-state index contributed by atoms with van der Waals surface area (Å²) in [7, 11) is 0. The average molecular weight is 873 g/mol. The molecule has 3 nitrogen and oxygen atoms in total. The smallest absolute Gasteiger partial charge is 0.151 e. The van der Waals surface area contributed by atoms with Crippen molar-refractivity contribution < 1.29 is 4.74 Å². The van der Waals surface area contributed by atoms with Gasteiger partial charge in [0, 0.05) is 39.1 Å². The van der Waals surface area contributed by atoms with Gasteiger partial charge in [0.15, 0.2) is 5.75 Å². The van der Waals surface area contributed by atoms with Gasteiger partial charge in [0.2, 0.25) is 0 Å². The van der Waals surface area contributed by atoms with E-state index >= 15 is 0 Å². The third-order valence-electron chi connectivity index (χ3n) is 14.6. The molecule has 0 radical (unpaired) electrons. The first kappa shape index (κ1) is 39.9. The van der Waals surface area contributed by atoms with Crippen molar-refractivity contribution in [1.82, 2.24) is 0 Å². The largest absolute Gasteiger partial charge is 0.483 e. The molecule has 0 N–H and O–H groups in total. The van der Waals surface area contributed by atoms with Crippen LogP contribution in [0.15, 0.2) is 248 Å². The molecule has 2 unspecified atom stereocenters. The molecule has 0 fully saturated rings. The molecule has 9 aromatic carbocycles. The van der Waals surface area contributed by atoms with Crippen LogP contribution >= 0.6 is 0 Å². The van der Waals surface area contributed by atoms with E-state index in [0.717, 1.165) is 45.4 Å². The predicted molar refractivity (Wildman–Crippen MR) is 284 cm³/mol. The van der Waals surface area contributed by atoms with Crippen LogP contribution in [-0.4, -0.2) is 6.10 Å². The maximum atomic E-state index is 7.21. The van der Waals surface area contributed by atoms with E-state index in [9.17, 15) is 0 Å². The minimum absolute atomic E-state index is 0.0428. The van der Waals surface area contributed by atoms with Crippen LogP contribution in [0.1, 0.15) is 36.1 Å². The number of nitrogens with zero attached hydrogens (tertiary/aromatic N) is 2. The molecule has 0 spiro atoms. The topological polar surface area (TPSA) is 15.7 Å². The summed E-state index contributed by atoms with van der Waals surface area (Å²) in [5.74, 6) is 0.946. The van der Waals surface area contributed by atoms with E-state index < -0.39 is 0 Å². The standard InChI is InChI=1S/C65H48N2O/c1-65(2)58-30-15-14-25-52(58)57-42-48(36-39-59(57)65)67(47-34-32-44(33-35-47)43-18-6-3-7-19-43)60-40-37-50(49-24-12-13-26-53(49)60)51-38-41-62-63-54(51)27-16-28-55(63)56-29-17-31-61(64(56)68-62)66(45-20-8-4-9-21-45)46-22-10-5-11-23-46/h3-42,62-63H,1-2H3. The molecule has 324 valence electrons. The molecular weight excluding hydrogens is 825 g/mol. The van der Waals surface area contributed by atoms with Crippen LogP contribution in [0.5, 0.6) is 5.75 Å². The monoisotopic (exact) mass is 872 g/mol.